The molecule has 0 heterocycles. The lowest BCUT2D eigenvalue weighted by molar-refractivity contribution is -0.142. The predicted octanol–water partition coefficient (Wildman–Crippen LogP) is 4.94. The van der Waals surface area contributed by atoms with Crippen molar-refractivity contribution in [2.75, 3.05) is 13.2 Å². The summed E-state index contributed by atoms with van der Waals surface area (Å²) in [5.74, 6) is -0.476. The molecular formula is C27H28ClFN2O3. The molecule has 0 aliphatic carbocycles. The Hall–Kier alpha value is -3.38. The summed E-state index contributed by atoms with van der Waals surface area (Å²) in [6.07, 6.45) is 0.333. The van der Waals surface area contributed by atoms with E-state index in [9.17, 15) is 14.0 Å². The second kappa shape index (κ2) is 12.2. The molecule has 7 heteroatoms. The Labute approximate surface area is 204 Å². The topological polar surface area (TPSA) is 58.6 Å². The number of likely N-dealkylation sites (N-methyl/N-ethyl adjacent to an activating group) is 1. The fourth-order valence-corrected chi connectivity index (χ4v) is 3.69. The monoisotopic (exact) mass is 482 g/mol. The van der Waals surface area contributed by atoms with Gasteiger partial charge < -0.3 is 15.0 Å². The van der Waals surface area contributed by atoms with Crippen LogP contribution in [-0.2, 0) is 22.6 Å². The van der Waals surface area contributed by atoms with Crippen LogP contribution in [-0.4, -0.2) is 35.9 Å². The molecule has 3 rings (SSSR count). The third-order valence-electron chi connectivity index (χ3n) is 5.38. The first-order valence-corrected chi connectivity index (χ1v) is 11.5. The molecule has 2 amide bonds. The maximum absolute atomic E-state index is 13.5. The number of ether oxygens (including phenoxy) is 1. The van der Waals surface area contributed by atoms with E-state index in [2.05, 4.69) is 5.32 Å². The summed E-state index contributed by atoms with van der Waals surface area (Å²) in [5, 5.41) is 3.44. The molecule has 0 radical (unpaired) electrons. The van der Waals surface area contributed by atoms with Crippen LogP contribution in [0.1, 0.15) is 23.6 Å². The van der Waals surface area contributed by atoms with E-state index < -0.39 is 6.04 Å². The molecule has 3 aromatic carbocycles. The average molecular weight is 483 g/mol. The van der Waals surface area contributed by atoms with E-state index in [0.29, 0.717) is 29.3 Å². The summed E-state index contributed by atoms with van der Waals surface area (Å²) < 4.78 is 19.2. The Morgan fingerprint density at radius 2 is 1.74 bits per heavy atom. The van der Waals surface area contributed by atoms with Crippen LogP contribution in [0.4, 0.5) is 4.39 Å². The van der Waals surface area contributed by atoms with E-state index >= 15 is 0 Å². The van der Waals surface area contributed by atoms with E-state index in [-0.39, 0.29) is 30.8 Å². The number of nitrogens with one attached hydrogen (secondary N) is 1. The third kappa shape index (κ3) is 7.06. The van der Waals surface area contributed by atoms with Crippen LogP contribution < -0.4 is 10.1 Å². The second-order valence-electron chi connectivity index (χ2n) is 7.95. The van der Waals surface area contributed by atoms with E-state index in [0.717, 1.165) is 11.1 Å². The summed E-state index contributed by atoms with van der Waals surface area (Å²) >= 11 is 6.08. The Bertz CT molecular complexity index is 1110. The Morgan fingerprint density at radius 1 is 1.03 bits per heavy atom. The minimum Gasteiger partial charge on any atom is -0.484 e. The molecule has 0 aromatic heterocycles. The molecule has 0 saturated heterocycles. The van der Waals surface area contributed by atoms with Crippen LogP contribution in [0.2, 0.25) is 5.02 Å². The van der Waals surface area contributed by atoms with Crippen LogP contribution in [0.5, 0.6) is 5.75 Å². The number of carbonyl (C=O) groups is 2. The second-order valence-corrected chi connectivity index (χ2v) is 8.36. The van der Waals surface area contributed by atoms with Gasteiger partial charge in [0.15, 0.2) is 6.61 Å². The largest absolute Gasteiger partial charge is 0.484 e. The molecule has 1 N–H and O–H groups in total. The normalized spacial score (nSPS) is 11.5. The van der Waals surface area contributed by atoms with E-state index in [4.69, 9.17) is 16.3 Å². The zero-order valence-electron chi connectivity index (χ0n) is 19.3. The Balaban J connectivity index is 1.88. The zero-order valence-corrected chi connectivity index (χ0v) is 20.0. The molecule has 0 aliphatic rings. The number of halogens is 2. The van der Waals surface area contributed by atoms with Crippen molar-refractivity contribution in [1.82, 2.24) is 10.2 Å². The minimum atomic E-state index is -0.768. The van der Waals surface area contributed by atoms with Crippen molar-refractivity contribution in [2.24, 2.45) is 0 Å². The summed E-state index contributed by atoms with van der Waals surface area (Å²) in [4.78, 5) is 28.0. The van der Waals surface area contributed by atoms with Crippen molar-refractivity contribution in [2.45, 2.75) is 32.9 Å². The van der Waals surface area contributed by atoms with E-state index in [1.165, 1.54) is 17.0 Å². The molecule has 0 spiro atoms. The van der Waals surface area contributed by atoms with Gasteiger partial charge in [-0.15, -0.1) is 0 Å². The molecule has 178 valence electrons. The Morgan fingerprint density at radius 3 is 2.38 bits per heavy atom. The van der Waals surface area contributed by atoms with Gasteiger partial charge in [0.25, 0.3) is 5.91 Å². The molecule has 0 aliphatic heterocycles. The van der Waals surface area contributed by atoms with Gasteiger partial charge in [-0.3, -0.25) is 9.59 Å². The highest BCUT2D eigenvalue weighted by molar-refractivity contribution is 6.31. The molecule has 1 unspecified atom stereocenters. The molecular weight excluding hydrogens is 455 g/mol. The van der Waals surface area contributed by atoms with Gasteiger partial charge in [-0.1, -0.05) is 54.1 Å². The number of rotatable bonds is 10. The molecule has 0 saturated carbocycles. The molecule has 1 atom stereocenters. The highest BCUT2D eigenvalue weighted by Crippen LogP contribution is 2.22. The van der Waals surface area contributed by atoms with Crippen molar-refractivity contribution in [3.63, 3.8) is 0 Å². The number of amides is 2. The smallest absolute Gasteiger partial charge is 0.261 e. The maximum Gasteiger partial charge on any atom is 0.261 e. The van der Waals surface area contributed by atoms with Gasteiger partial charge in [-0.2, -0.15) is 0 Å². The van der Waals surface area contributed by atoms with Crippen LogP contribution in [0.25, 0.3) is 0 Å². The van der Waals surface area contributed by atoms with Crippen molar-refractivity contribution >= 4 is 23.4 Å². The molecule has 0 bridgehead atoms. The summed E-state index contributed by atoms with van der Waals surface area (Å²) in [5.41, 5.74) is 2.46. The van der Waals surface area contributed by atoms with Gasteiger partial charge in [-0.05, 0) is 60.9 Å². The first-order valence-electron chi connectivity index (χ1n) is 11.1. The number of nitrogens with zero attached hydrogens (tertiary/aromatic N) is 1. The van der Waals surface area contributed by atoms with Crippen LogP contribution in [0, 0.1) is 12.7 Å². The highest BCUT2D eigenvalue weighted by atomic mass is 35.5. The summed E-state index contributed by atoms with van der Waals surface area (Å²) in [6.45, 7) is 3.99. The van der Waals surface area contributed by atoms with Gasteiger partial charge in [0.1, 0.15) is 17.6 Å². The van der Waals surface area contributed by atoms with E-state index in [1.807, 2.05) is 44.2 Å². The van der Waals surface area contributed by atoms with Gasteiger partial charge in [0.05, 0.1) is 0 Å². The number of hydrogen-bond acceptors (Lipinski definition) is 3. The first-order chi connectivity index (χ1) is 16.4. The van der Waals surface area contributed by atoms with Gasteiger partial charge >= 0.3 is 0 Å². The molecule has 5 nitrogen and oxygen atoms in total. The number of benzene rings is 3. The lowest BCUT2D eigenvalue weighted by Crippen LogP contribution is -2.51. The lowest BCUT2D eigenvalue weighted by Gasteiger charge is -2.31. The predicted molar refractivity (Wildman–Crippen MR) is 131 cm³/mol. The van der Waals surface area contributed by atoms with Crippen LogP contribution >= 0.6 is 11.6 Å². The quantitative estimate of drug-likeness (QED) is 0.445. The lowest BCUT2D eigenvalue weighted by atomic mass is 10.0. The molecule has 0 fully saturated rings. The summed E-state index contributed by atoms with van der Waals surface area (Å²) in [6, 6.07) is 19.8. The Kier molecular flexibility index (Phi) is 9.05. The fourth-order valence-electron chi connectivity index (χ4n) is 3.57. The number of carbonyl (C=O) groups excluding carboxylic acids is 2. The maximum atomic E-state index is 13.5. The third-order valence-corrected chi connectivity index (χ3v) is 5.80. The molecule has 34 heavy (non-hydrogen) atoms. The average Bonchev–Trinajstić information content (AvgIpc) is 2.84. The van der Waals surface area contributed by atoms with Gasteiger partial charge in [0, 0.05) is 24.5 Å². The van der Waals surface area contributed by atoms with Crippen molar-refractivity contribution in [3.05, 3.63) is 100 Å². The van der Waals surface area contributed by atoms with Crippen LogP contribution in [0.3, 0.4) is 0 Å². The minimum absolute atomic E-state index is 0.136. The molecule has 3 aromatic rings. The first kappa shape index (κ1) is 25.2. The van der Waals surface area contributed by atoms with Crippen molar-refractivity contribution in [3.8, 4) is 5.75 Å². The van der Waals surface area contributed by atoms with Crippen molar-refractivity contribution in [1.29, 1.82) is 0 Å². The number of aryl methyl sites for hydroxylation is 1. The fraction of sp³-hybridized carbons (Fsp3) is 0.259. The SMILES string of the molecule is CCNC(=O)C(Cc1ccccc1)N(Cc1ccc(F)cc1)C(=O)COc1ccc(Cl)c(C)c1. The van der Waals surface area contributed by atoms with Gasteiger partial charge in [-0.25, -0.2) is 4.39 Å². The van der Waals surface area contributed by atoms with Crippen molar-refractivity contribution < 1.29 is 18.7 Å². The van der Waals surface area contributed by atoms with Gasteiger partial charge in [0.2, 0.25) is 5.91 Å². The van der Waals surface area contributed by atoms with E-state index in [1.54, 1.807) is 30.3 Å². The van der Waals surface area contributed by atoms with Crippen LogP contribution in [0.15, 0.2) is 72.8 Å². The standard InChI is InChI=1S/C27H28ClFN2O3/c1-3-30-27(33)25(16-20-7-5-4-6-8-20)31(17-21-9-11-22(29)12-10-21)26(32)18-34-23-13-14-24(28)19(2)15-23/h4-15,25H,3,16-18H2,1-2H3,(H,30,33). The zero-order chi connectivity index (χ0) is 24.5. The highest BCUT2D eigenvalue weighted by Gasteiger charge is 2.30. The number of hydrogen-bond donors (Lipinski definition) is 1. The summed E-state index contributed by atoms with van der Waals surface area (Å²) in [7, 11) is 0.